The summed E-state index contributed by atoms with van der Waals surface area (Å²) in [7, 11) is 0. The molecular formula is C20H28N2O2. The van der Waals surface area contributed by atoms with Crippen molar-refractivity contribution in [3.8, 4) is 0 Å². The molecule has 2 heterocycles. The fourth-order valence-corrected chi connectivity index (χ4v) is 3.89. The van der Waals surface area contributed by atoms with Crippen LogP contribution in [0.3, 0.4) is 0 Å². The molecule has 1 aromatic rings. The minimum Gasteiger partial charge on any atom is -0.327 e. The first kappa shape index (κ1) is 17.0. The van der Waals surface area contributed by atoms with Gasteiger partial charge in [0, 0.05) is 13.1 Å². The third-order valence-electron chi connectivity index (χ3n) is 5.23. The van der Waals surface area contributed by atoms with Crippen LogP contribution in [0.25, 0.3) is 0 Å². The molecule has 4 nitrogen and oxygen atoms in total. The zero-order valence-electron chi connectivity index (χ0n) is 14.7. The van der Waals surface area contributed by atoms with Gasteiger partial charge in [-0.2, -0.15) is 0 Å². The van der Waals surface area contributed by atoms with E-state index in [-0.39, 0.29) is 17.9 Å². The van der Waals surface area contributed by atoms with Gasteiger partial charge in [0.05, 0.1) is 11.3 Å². The van der Waals surface area contributed by atoms with E-state index < -0.39 is 0 Å². The van der Waals surface area contributed by atoms with Crippen molar-refractivity contribution >= 4 is 17.5 Å². The molecule has 0 aliphatic carbocycles. The smallest absolute Gasteiger partial charge is 0.256 e. The summed E-state index contributed by atoms with van der Waals surface area (Å²) in [6.07, 6.45) is 8.91. The van der Waals surface area contributed by atoms with Crippen molar-refractivity contribution in [2.24, 2.45) is 0 Å². The molecule has 130 valence electrons. The number of anilines is 1. The van der Waals surface area contributed by atoms with E-state index in [1.807, 2.05) is 29.2 Å². The number of para-hydroxylation sites is 1. The van der Waals surface area contributed by atoms with Gasteiger partial charge in [-0.25, -0.2) is 0 Å². The molecule has 1 aromatic carbocycles. The van der Waals surface area contributed by atoms with Crippen LogP contribution in [0.15, 0.2) is 24.3 Å². The molecule has 2 aliphatic heterocycles. The molecule has 3 rings (SSSR count). The lowest BCUT2D eigenvalue weighted by atomic mass is 10.1. The molecule has 0 aromatic heterocycles. The monoisotopic (exact) mass is 328 g/mol. The summed E-state index contributed by atoms with van der Waals surface area (Å²) in [5, 5.41) is 0. The summed E-state index contributed by atoms with van der Waals surface area (Å²) in [5.41, 5.74) is 1.48. The summed E-state index contributed by atoms with van der Waals surface area (Å²) in [4.78, 5) is 29.5. The minimum atomic E-state index is -0.259. The van der Waals surface area contributed by atoms with Crippen molar-refractivity contribution in [1.29, 1.82) is 0 Å². The standard InChI is InChI=1S/C20H28N2O2/c1-2-3-4-5-6-9-14-21-17-12-8-7-11-16(17)19(23)22-15-10-13-18(22)20(21)24/h7-8,11-12,18H,2-6,9-10,13-15H2,1H3/t18-/m0/s1. The second-order valence-electron chi connectivity index (χ2n) is 6.93. The highest BCUT2D eigenvalue weighted by atomic mass is 16.2. The van der Waals surface area contributed by atoms with Crippen molar-refractivity contribution in [2.75, 3.05) is 18.0 Å². The Bertz CT molecular complexity index is 599. The van der Waals surface area contributed by atoms with E-state index in [1.54, 1.807) is 4.90 Å². The SMILES string of the molecule is CCCCCCCCN1C(=O)[C@@H]2CCCN2C(=O)c2ccccc21. The highest BCUT2D eigenvalue weighted by Gasteiger charge is 2.41. The van der Waals surface area contributed by atoms with Crippen LogP contribution in [0.5, 0.6) is 0 Å². The topological polar surface area (TPSA) is 40.6 Å². The van der Waals surface area contributed by atoms with Gasteiger partial charge in [0.1, 0.15) is 6.04 Å². The van der Waals surface area contributed by atoms with Crippen LogP contribution in [-0.2, 0) is 4.79 Å². The predicted molar refractivity (Wildman–Crippen MR) is 96.2 cm³/mol. The van der Waals surface area contributed by atoms with Crippen LogP contribution in [0.1, 0.15) is 68.6 Å². The number of rotatable bonds is 7. The number of carbonyl (C=O) groups is 2. The van der Waals surface area contributed by atoms with Gasteiger partial charge in [0.15, 0.2) is 0 Å². The summed E-state index contributed by atoms with van der Waals surface area (Å²) in [6, 6.07) is 7.33. The summed E-state index contributed by atoms with van der Waals surface area (Å²) in [5.74, 6) is 0.131. The molecule has 1 atom stereocenters. The van der Waals surface area contributed by atoms with Crippen LogP contribution < -0.4 is 4.90 Å². The van der Waals surface area contributed by atoms with E-state index in [0.717, 1.165) is 37.9 Å². The molecular weight excluding hydrogens is 300 g/mol. The Morgan fingerprint density at radius 2 is 1.79 bits per heavy atom. The highest BCUT2D eigenvalue weighted by Crippen LogP contribution is 2.32. The van der Waals surface area contributed by atoms with E-state index in [4.69, 9.17) is 0 Å². The van der Waals surface area contributed by atoms with Gasteiger partial charge in [-0.15, -0.1) is 0 Å². The second kappa shape index (κ2) is 7.82. The van der Waals surface area contributed by atoms with E-state index in [2.05, 4.69) is 6.92 Å². The largest absolute Gasteiger partial charge is 0.327 e. The molecule has 0 spiro atoms. The molecule has 0 N–H and O–H groups in total. The van der Waals surface area contributed by atoms with E-state index in [0.29, 0.717) is 12.1 Å². The first-order valence-corrected chi connectivity index (χ1v) is 9.45. The number of hydrogen-bond acceptors (Lipinski definition) is 2. The summed E-state index contributed by atoms with van der Waals surface area (Å²) >= 11 is 0. The van der Waals surface area contributed by atoms with E-state index in [1.165, 1.54) is 25.7 Å². The quantitative estimate of drug-likeness (QED) is 0.710. The lowest BCUT2D eigenvalue weighted by molar-refractivity contribution is -0.122. The third-order valence-corrected chi connectivity index (χ3v) is 5.23. The van der Waals surface area contributed by atoms with Gasteiger partial charge in [-0.3, -0.25) is 9.59 Å². The van der Waals surface area contributed by atoms with Crippen LogP contribution in [-0.4, -0.2) is 35.8 Å². The number of fused-ring (bicyclic) bond motifs is 2. The Hall–Kier alpha value is -1.84. The number of unbranched alkanes of at least 4 members (excludes halogenated alkanes) is 5. The van der Waals surface area contributed by atoms with Crippen molar-refractivity contribution in [2.45, 2.75) is 64.3 Å². The zero-order valence-corrected chi connectivity index (χ0v) is 14.7. The Balaban J connectivity index is 1.75. The molecule has 0 saturated carbocycles. The minimum absolute atomic E-state index is 0.0203. The molecule has 0 radical (unpaired) electrons. The van der Waals surface area contributed by atoms with Crippen LogP contribution in [0.2, 0.25) is 0 Å². The molecule has 0 unspecified atom stereocenters. The number of carbonyl (C=O) groups excluding carboxylic acids is 2. The van der Waals surface area contributed by atoms with Gasteiger partial charge in [-0.05, 0) is 31.4 Å². The molecule has 2 amide bonds. The maximum absolute atomic E-state index is 13.0. The van der Waals surface area contributed by atoms with Gasteiger partial charge in [-0.1, -0.05) is 51.2 Å². The Labute approximate surface area is 144 Å². The average Bonchev–Trinajstić information content (AvgIpc) is 3.07. The van der Waals surface area contributed by atoms with Crippen LogP contribution in [0.4, 0.5) is 5.69 Å². The maximum atomic E-state index is 13.0. The number of amides is 2. The van der Waals surface area contributed by atoms with Gasteiger partial charge >= 0.3 is 0 Å². The lowest BCUT2D eigenvalue weighted by Crippen LogP contribution is -2.45. The maximum Gasteiger partial charge on any atom is 0.256 e. The van der Waals surface area contributed by atoms with Gasteiger partial charge in [0.2, 0.25) is 5.91 Å². The number of benzene rings is 1. The van der Waals surface area contributed by atoms with E-state index >= 15 is 0 Å². The number of hydrogen-bond donors (Lipinski definition) is 0. The Morgan fingerprint density at radius 1 is 1.04 bits per heavy atom. The summed E-state index contributed by atoms with van der Waals surface area (Å²) < 4.78 is 0. The Morgan fingerprint density at radius 3 is 2.62 bits per heavy atom. The fourth-order valence-electron chi connectivity index (χ4n) is 3.89. The molecule has 2 aliphatic rings. The first-order chi connectivity index (χ1) is 11.7. The summed E-state index contributed by atoms with van der Waals surface area (Å²) in [6.45, 7) is 3.64. The molecule has 4 heteroatoms. The molecule has 1 fully saturated rings. The third kappa shape index (κ3) is 3.33. The fraction of sp³-hybridized carbons (Fsp3) is 0.600. The molecule has 24 heavy (non-hydrogen) atoms. The first-order valence-electron chi connectivity index (χ1n) is 9.45. The van der Waals surface area contributed by atoms with E-state index in [9.17, 15) is 9.59 Å². The molecule has 0 bridgehead atoms. The van der Waals surface area contributed by atoms with Crippen LogP contribution >= 0.6 is 0 Å². The van der Waals surface area contributed by atoms with Gasteiger partial charge in [0.25, 0.3) is 5.91 Å². The van der Waals surface area contributed by atoms with Crippen molar-refractivity contribution in [3.63, 3.8) is 0 Å². The number of nitrogens with zero attached hydrogens (tertiary/aromatic N) is 2. The van der Waals surface area contributed by atoms with Crippen molar-refractivity contribution < 1.29 is 9.59 Å². The molecule has 1 saturated heterocycles. The predicted octanol–water partition coefficient (Wildman–Crippen LogP) is 4.00. The zero-order chi connectivity index (χ0) is 16.9. The van der Waals surface area contributed by atoms with Crippen LogP contribution in [0, 0.1) is 0 Å². The second-order valence-corrected chi connectivity index (χ2v) is 6.93. The van der Waals surface area contributed by atoms with Crippen molar-refractivity contribution in [1.82, 2.24) is 4.90 Å². The lowest BCUT2D eigenvalue weighted by Gasteiger charge is -2.26. The van der Waals surface area contributed by atoms with Gasteiger partial charge < -0.3 is 9.80 Å². The Kier molecular flexibility index (Phi) is 5.54. The average molecular weight is 328 g/mol. The normalized spacial score (nSPS) is 20.1. The van der Waals surface area contributed by atoms with Crippen molar-refractivity contribution in [3.05, 3.63) is 29.8 Å². The highest BCUT2D eigenvalue weighted by molar-refractivity contribution is 6.11.